The maximum absolute atomic E-state index is 12.3. The first-order valence-corrected chi connectivity index (χ1v) is 4.35. The molecule has 0 bridgehead atoms. The van der Waals surface area contributed by atoms with Crippen LogP contribution in [0.2, 0.25) is 0 Å². The minimum absolute atomic E-state index is 0.432. The van der Waals surface area contributed by atoms with E-state index in [-0.39, 0.29) is 0 Å². The molecule has 0 aliphatic carbocycles. The van der Waals surface area contributed by atoms with Crippen LogP contribution in [0.1, 0.15) is 13.8 Å². The second-order valence-electron chi connectivity index (χ2n) is 2.71. The van der Waals surface area contributed by atoms with E-state index < -0.39 is 17.5 Å². The topological polar surface area (TPSA) is 20.2 Å². The van der Waals surface area contributed by atoms with Crippen LogP contribution in [-0.4, -0.2) is 11.3 Å². The molecule has 0 heterocycles. The van der Waals surface area contributed by atoms with Gasteiger partial charge in [-0.25, -0.2) is 0 Å². The van der Waals surface area contributed by atoms with Crippen LogP contribution in [-0.2, 0) is 0 Å². The van der Waals surface area contributed by atoms with E-state index in [0.717, 1.165) is 6.08 Å². The monoisotopic (exact) mass is 218 g/mol. The molecule has 0 aliphatic heterocycles. The zero-order valence-electron chi connectivity index (χ0n) is 8.55. The Morgan fingerprint density at radius 1 is 1.13 bits per heavy atom. The highest BCUT2D eigenvalue weighted by molar-refractivity contribution is 5.31. The third-order valence-corrected chi connectivity index (χ3v) is 1.44. The van der Waals surface area contributed by atoms with E-state index in [0.29, 0.717) is 6.08 Å². The molecule has 0 aromatic rings. The van der Waals surface area contributed by atoms with Gasteiger partial charge in [0.25, 0.3) is 0 Å². The highest BCUT2D eigenvalue weighted by Gasteiger charge is 2.31. The molecule has 0 aromatic heterocycles. The minimum Gasteiger partial charge on any atom is -0.508 e. The Morgan fingerprint density at radius 3 is 2.13 bits per heavy atom. The number of hydrogen-bond acceptors (Lipinski definition) is 1. The van der Waals surface area contributed by atoms with Crippen LogP contribution < -0.4 is 0 Å². The normalized spacial score (nSPS) is 15.5. The molecule has 0 amide bonds. The van der Waals surface area contributed by atoms with Crippen molar-refractivity contribution in [3.8, 4) is 0 Å². The lowest BCUT2D eigenvalue weighted by atomic mass is 10.2. The van der Waals surface area contributed by atoms with Crippen molar-refractivity contribution in [2.45, 2.75) is 20.0 Å². The van der Waals surface area contributed by atoms with Crippen molar-refractivity contribution < 1.29 is 18.3 Å². The second-order valence-corrected chi connectivity index (χ2v) is 2.71. The maximum Gasteiger partial charge on any atom is 0.416 e. The molecule has 0 unspecified atom stereocenters. The summed E-state index contributed by atoms with van der Waals surface area (Å²) in [6, 6.07) is 0. The van der Waals surface area contributed by atoms with E-state index in [2.05, 4.69) is 0 Å². The van der Waals surface area contributed by atoms with Gasteiger partial charge >= 0.3 is 6.18 Å². The summed E-state index contributed by atoms with van der Waals surface area (Å²) < 4.78 is 36.9. The summed E-state index contributed by atoms with van der Waals surface area (Å²) in [5.41, 5.74) is -0.886. The molecule has 0 fully saturated rings. The van der Waals surface area contributed by atoms with Gasteiger partial charge in [0.1, 0.15) is 5.76 Å². The summed E-state index contributed by atoms with van der Waals surface area (Å²) in [6.07, 6.45) is 2.64. The number of halogens is 3. The van der Waals surface area contributed by atoms with E-state index in [1.54, 1.807) is 13.0 Å². The average Bonchev–Trinajstić information content (AvgIpc) is 2.12. The van der Waals surface area contributed by atoms with Crippen LogP contribution in [0.3, 0.4) is 0 Å². The Bertz CT molecular complexity index is 306. The lowest BCUT2D eigenvalue weighted by Gasteiger charge is -2.06. The third kappa shape index (κ3) is 5.78. The zero-order chi connectivity index (χ0) is 11.9. The van der Waals surface area contributed by atoms with Crippen LogP contribution in [0.25, 0.3) is 0 Å². The van der Waals surface area contributed by atoms with E-state index >= 15 is 0 Å². The molecule has 15 heavy (non-hydrogen) atoms. The van der Waals surface area contributed by atoms with Crippen LogP contribution in [0.4, 0.5) is 13.2 Å². The van der Waals surface area contributed by atoms with Crippen molar-refractivity contribution in [3.63, 3.8) is 0 Å². The van der Waals surface area contributed by atoms with Crippen LogP contribution in [0, 0.1) is 0 Å². The molecule has 0 spiro atoms. The standard InChI is InChI=1S/C11H13F3O/c1-3-5-7-10(15)8-9(6-4-2)11(12,13)14/h3-8,15H,1-2H3/b5-3-,6-4+,9-8+,10-7+. The first kappa shape index (κ1) is 13.5. The number of aliphatic hydroxyl groups excluding tert-OH is 1. The predicted molar refractivity (Wildman–Crippen MR) is 54.5 cm³/mol. The third-order valence-electron chi connectivity index (χ3n) is 1.44. The van der Waals surface area contributed by atoms with Gasteiger partial charge in [0.05, 0.1) is 5.57 Å². The number of aliphatic hydroxyl groups is 1. The molecule has 0 aliphatic rings. The summed E-state index contributed by atoms with van der Waals surface area (Å²) in [5, 5.41) is 9.14. The molecule has 4 heteroatoms. The van der Waals surface area contributed by atoms with Gasteiger partial charge in [-0.05, 0) is 26.0 Å². The van der Waals surface area contributed by atoms with Crippen molar-refractivity contribution in [2.24, 2.45) is 0 Å². The van der Waals surface area contributed by atoms with Gasteiger partial charge in [-0.2, -0.15) is 13.2 Å². The number of hydrogen-bond donors (Lipinski definition) is 1. The summed E-state index contributed by atoms with van der Waals surface area (Å²) in [4.78, 5) is 0. The second kappa shape index (κ2) is 6.11. The molecule has 0 radical (unpaired) electrons. The van der Waals surface area contributed by atoms with Gasteiger partial charge in [-0.15, -0.1) is 0 Å². The summed E-state index contributed by atoms with van der Waals surface area (Å²) in [5.74, 6) is -0.432. The Morgan fingerprint density at radius 2 is 1.73 bits per heavy atom. The van der Waals surface area contributed by atoms with Crippen LogP contribution in [0.15, 0.2) is 47.8 Å². The van der Waals surface area contributed by atoms with Gasteiger partial charge in [0.2, 0.25) is 0 Å². The van der Waals surface area contributed by atoms with Crippen molar-refractivity contribution in [1.29, 1.82) is 0 Å². The Kier molecular flexibility index (Phi) is 5.52. The smallest absolute Gasteiger partial charge is 0.416 e. The molecule has 0 rings (SSSR count). The summed E-state index contributed by atoms with van der Waals surface area (Å²) in [7, 11) is 0. The van der Waals surface area contributed by atoms with E-state index in [9.17, 15) is 13.2 Å². The molecule has 0 saturated carbocycles. The molecule has 0 atom stereocenters. The van der Waals surface area contributed by atoms with Gasteiger partial charge in [-0.3, -0.25) is 0 Å². The van der Waals surface area contributed by atoms with Gasteiger partial charge in [0, 0.05) is 0 Å². The summed E-state index contributed by atoms with van der Waals surface area (Å²) in [6.45, 7) is 3.18. The van der Waals surface area contributed by atoms with Gasteiger partial charge in [0.15, 0.2) is 0 Å². The van der Waals surface area contributed by atoms with Crippen molar-refractivity contribution in [3.05, 3.63) is 47.8 Å². The number of allylic oxidation sites excluding steroid dienone is 7. The van der Waals surface area contributed by atoms with Crippen LogP contribution >= 0.6 is 0 Å². The SMILES string of the molecule is C\C=C/C=C(O)\C=C(/C=C/C)C(F)(F)F. The average molecular weight is 218 g/mol. The van der Waals surface area contributed by atoms with E-state index in [1.807, 2.05) is 0 Å². The Labute approximate surface area is 86.9 Å². The minimum atomic E-state index is -4.45. The Balaban J connectivity index is 5.01. The highest BCUT2D eigenvalue weighted by Crippen LogP contribution is 2.27. The van der Waals surface area contributed by atoms with Gasteiger partial charge in [-0.1, -0.05) is 24.3 Å². The number of rotatable bonds is 3. The fraction of sp³-hybridized carbons (Fsp3) is 0.273. The first-order chi connectivity index (χ1) is 6.91. The lowest BCUT2D eigenvalue weighted by Crippen LogP contribution is -2.10. The quantitative estimate of drug-likeness (QED) is 0.559. The van der Waals surface area contributed by atoms with Gasteiger partial charge < -0.3 is 5.11 Å². The van der Waals surface area contributed by atoms with Crippen LogP contribution in [0.5, 0.6) is 0 Å². The summed E-state index contributed by atoms with van der Waals surface area (Å²) >= 11 is 0. The van der Waals surface area contributed by atoms with E-state index in [1.165, 1.54) is 25.2 Å². The fourth-order valence-corrected chi connectivity index (χ4v) is 0.806. The predicted octanol–water partition coefficient (Wildman–Crippen LogP) is 4.07. The van der Waals surface area contributed by atoms with Crippen molar-refractivity contribution in [1.82, 2.24) is 0 Å². The molecule has 0 saturated heterocycles. The highest BCUT2D eigenvalue weighted by atomic mass is 19.4. The molecule has 84 valence electrons. The number of alkyl halides is 3. The molecule has 1 N–H and O–H groups in total. The van der Waals surface area contributed by atoms with E-state index in [4.69, 9.17) is 5.11 Å². The zero-order valence-corrected chi connectivity index (χ0v) is 8.55. The molecule has 1 nitrogen and oxygen atoms in total. The first-order valence-electron chi connectivity index (χ1n) is 4.35. The molecular formula is C11H13F3O. The molecular weight excluding hydrogens is 205 g/mol. The molecule has 0 aromatic carbocycles. The van der Waals surface area contributed by atoms with Crippen molar-refractivity contribution >= 4 is 0 Å². The Hall–Kier alpha value is -1.45. The fourth-order valence-electron chi connectivity index (χ4n) is 0.806. The maximum atomic E-state index is 12.3. The van der Waals surface area contributed by atoms with Crippen molar-refractivity contribution in [2.75, 3.05) is 0 Å². The lowest BCUT2D eigenvalue weighted by molar-refractivity contribution is -0.0884. The largest absolute Gasteiger partial charge is 0.508 e.